The van der Waals surface area contributed by atoms with Gasteiger partial charge in [-0.3, -0.25) is 0 Å². The Hall–Kier alpha value is -2.28. The predicted octanol–water partition coefficient (Wildman–Crippen LogP) is 2.92. The SMILES string of the molecule is O=C(O)C(=O)O.c1cc2c(cc1CNCC13CC4CC(CC(C4)C1)C3)OCCO2. The van der Waals surface area contributed by atoms with Gasteiger partial charge in [-0.05, 0) is 79.4 Å². The fraction of sp³-hybridized carbons (Fsp3) is 0.636. The van der Waals surface area contributed by atoms with E-state index in [1.54, 1.807) is 0 Å². The number of aliphatic carboxylic acids is 2. The number of rotatable bonds is 4. The Morgan fingerprint density at radius 3 is 2.03 bits per heavy atom. The van der Waals surface area contributed by atoms with Crippen molar-refractivity contribution in [3.05, 3.63) is 23.8 Å². The summed E-state index contributed by atoms with van der Waals surface area (Å²) in [6.07, 6.45) is 9.03. The average molecular weight is 403 g/mol. The number of nitrogens with one attached hydrogen (secondary N) is 1. The molecule has 5 aliphatic rings. The fourth-order valence-corrected chi connectivity index (χ4v) is 6.18. The molecule has 0 saturated heterocycles. The molecule has 1 heterocycles. The van der Waals surface area contributed by atoms with E-state index < -0.39 is 11.9 Å². The van der Waals surface area contributed by atoms with Crippen molar-refractivity contribution in [3.8, 4) is 11.5 Å². The lowest BCUT2D eigenvalue weighted by atomic mass is 9.49. The highest BCUT2D eigenvalue weighted by atomic mass is 16.6. The van der Waals surface area contributed by atoms with Crippen LogP contribution in [0, 0.1) is 23.2 Å². The lowest BCUT2D eigenvalue weighted by Crippen LogP contribution is -2.50. The van der Waals surface area contributed by atoms with Crippen LogP contribution in [0.5, 0.6) is 11.5 Å². The van der Waals surface area contributed by atoms with Crippen molar-refractivity contribution in [2.75, 3.05) is 19.8 Å². The number of hydrogen-bond acceptors (Lipinski definition) is 5. The van der Waals surface area contributed by atoms with Crippen molar-refractivity contribution in [2.24, 2.45) is 23.2 Å². The Bertz CT molecular complexity index is 729. The first-order valence-electron chi connectivity index (χ1n) is 10.5. The van der Waals surface area contributed by atoms with E-state index in [0.717, 1.165) is 35.8 Å². The van der Waals surface area contributed by atoms with E-state index >= 15 is 0 Å². The number of carbonyl (C=O) groups is 2. The van der Waals surface area contributed by atoms with Gasteiger partial charge in [0, 0.05) is 13.1 Å². The average Bonchev–Trinajstić information content (AvgIpc) is 2.67. The molecule has 4 fully saturated rings. The summed E-state index contributed by atoms with van der Waals surface area (Å²) in [5, 5.41) is 18.6. The van der Waals surface area contributed by atoms with Crippen LogP contribution in [0.2, 0.25) is 0 Å². The van der Waals surface area contributed by atoms with Gasteiger partial charge in [0.25, 0.3) is 0 Å². The van der Waals surface area contributed by atoms with Crippen LogP contribution < -0.4 is 14.8 Å². The minimum Gasteiger partial charge on any atom is -0.486 e. The smallest absolute Gasteiger partial charge is 0.414 e. The third-order valence-electron chi connectivity index (χ3n) is 6.78. The monoisotopic (exact) mass is 403 g/mol. The summed E-state index contributed by atoms with van der Waals surface area (Å²) in [7, 11) is 0. The molecule has 6 rings (SSSR count). The maximum Gasteiger partial charge on any atom is 0.414 e. The van der Waals surface area contributed by atoms with Gasteiger partial charge in [0.2, 0.25) is 0 Å². The van der Waals surface area contributed by atoms with E-state index in [1.165, 1.54) is 50.6 Å². The third kappa shape index (κ3) is 4.66. The second-order valence-electron chi connectivity index (χ2n) is 9.11. The molecule has 7 nitrogen and oxygen atoms in total. The Morgan fingerprint density at radius 1 is 0.931 bits per heavy atom. The number of ether oxygens (including phenoxy) is 2. The van der Waals surface area contributed by atoms with Gasteiger partial charge in [-0.15, -0.1) is 0 Å². The van der Waals surface area contributed by atoms with Crippen molar-refractivity contribution in [3.63, 3.8) is 0 Å². The molecule has 7 heteroatoms. The second-order valence-corrected chi connectivity index (χ2v) is 9.11. The first-order valence-corrected chi connectivity index (χ1v) is 10.5. The summed E-state index contributed by atoms with van der Waals surface area (Å²) in [5.74, 6) is 1.27. The van der Waals surface area contributed by atoms with E-state index in [9.17, 15) is 0 Å². The Labute approximate surface area is 170 Å². The number of fused-ring (bicyclic) bond motifs is 1. The molecule has 0 radical (unpaired) electrons. The van der Waals surface area contributed by atoms with Crippen LogP contribution in [0.25, 0.3) is 0 Å². The van der Waals surface area contributed by atoms with Crippen LogP contribution >= 0.6 is 0 Å². The highest BCUT2D eigenvalue weighted by molar-refractivity contribution is 6.27. The number of hydrogen-bond donors (Lipinski definition) is 3. The Morgan fingerprint density at radius 2 is 1.48 bits per heavy atom. The summed E-state index contributed by atoms with van der Waals surface area (Å²) in [6.45, 7) is 3.47. The number of benzene rings is 1. The largest absolute Gasteiger partial charge is 0.486 e. The van der Waals surface area contributed by atoms with Gasteiger partial charge in [0.05, 0.1) is 0 Å². The highest BCUT2D eigenvalue weighted by Crippen LogP contribution is 2.59. The maximum atomic E-state index is 9.10. The molecule has 158 valence electrons. The van der Waals surface area contributed by atoms with Gasteiger partial charge in [-0.1, -0.05) is 6.07 Å². The third-order valence-corrected chi connectivity index (χ3v) is 6.78. The van der Waals surface area contributed by atoms with Crippen molar-refractivity contribution in [1.29, 1.82) is 0 Å². The maximum absolute atomic E-state index is 9.10. The zero-order valence-electron chi connectivity index (χ0n) is 16.6. The molecule has 0 unspecified atom stereocenters. The van der Waals surface area contributed by atoms with Crippen molar-refractivity contribution in [2.45, 2.75) is 45.1 Å². The van der Waals surface area contributed by atoms with E-state index in [4.69, 9.17) is 29.3 Å². The summed E-state index contributed by atoms with van der Waals surface area (Å²) in [4.78, 5) is 18.2. The van der Waals surface area contributed by atoms with E-state index in [-0.39, 0.29) is 0 Å². The van der Waals surface area contributed by atoms with Gasteiger partial charge < -0.3 is 25.0 Å². The second kappa shape index (κ2) is 8.22. The molecule has 4 bridgehead atoms. The normalized spacial score (nSPS) is 31.0. The van der Waals surface area contributed by atoms with Crippen molar-refractivity contribution < 1.29 is 29.3 Å². The molecule has 4 aliphatic carbocycles. The molecule has 0 atom stereocenters. The lowest BCUT2D eigenvalue weighted by Gasteiger charge is -2.57. The zero-order valence-corrected chi connectivity index (χ0v) is 16.6. The zero-order chi connectivity index (χ0) is 20.4. The van der Waals surface area contributed by atoms with E-state index in [0.29, 0.717) is 18.6 Å². The van der Waals surface area contributed by atoms with Crippen molar-refractivity contribution in [1.82, 2.24) is 5.32 Å². The molecule has 4 saturated carbocycles. The lowest BCUT2D eigenvalue weighted by molar-refractivity contribution is -0.159. The van der Waals surface area contributed by atoms with Gasteiger partial charge in [-0.25, -0.2) is 9.59 Å². The van der Waals surface area contributed by atoms with Crippen LogP contribution in [-0.4, -0.2) is 41.9 Å². The fourth-order valence-electron chi connectivity index (χ4n) is 6.18. The molecule has 3 N–H and O–H groups in total. The van der Waals surface area contributed by atoms with Crippen LogP contribution in [0.15, 0.2) is 18.2 Å². The molecule has 0 amide bonds. The molecular weight excluding hydrogens is 374 g/mol. The molecule has 0 aromatic heterocycles. The summed E-state index contributed by atoms with van der Waals surface area (Å²) < 4.78 is 11.3. The summed E-state index contributed by atoms with van der Waals surface area (Å²) in [6, 6.07) is 6.36. The first-order chi connectivity index (χ1) is 13.9. The molecule has 1 aromatic carbocycles. The molecular formula is C22H29NO6. The Balaban J connectivity index is 0.000000302. The first kappa shape index (κ1) is 20.0. The molecule has 1 aliphatic heterocycles. The van der Waals surface area contributed by atoms with Crippen LogP contribution in [0.3, 0.4) is 0 Å². The predicted molar refractivity (Wildman–Crippen MR) is 105 cm³/mol. The minimum absolute atomic E-state index is 0.614. The minimum atomic E-state index is -1.82. The van der Waals surface area contributed by atoms with Gasteiger partial charge in [-0.2, -0.15) is 0 Å². The number of carboxylic acids is 2. The van der Waals surface area contributed by atoms with Crippen LogP contribution in [0.4, 0.5) is 0 Å². The summed E-state index contributed by atoms with van der Waals surface area (Å²) >= 11 is 0. The topological polar surface area (TPSA) is 105 Å². The molecule has 1 aromatic rings. The highest BCUT2D eigenvalue weighted by Gasteiger charge is 2.50. The van der Waals surface area contributed by atoms with Gasteiger partial charge in [0.15, 0.2) is 11.5 Å². The van der Waals surface area contributed by atoms with Gasteiger partial charge in [0.1, 0.15) is 13.2 Å². The Kier molecular flexibility index (Phi) is 5.67. The quantitative estimate of drug-likeness (QED) is 0.664. The number of carboxylic acid groups (broad SMARTS) is 2. The standard InChI is InChI=1S/C20H27NO2.C2H2O4/c1-2-18-19(23-4-3-22-18)8-14(1)12-21-13-20-9-15-5-16(10-20)7-17(6-15)11-20;3-1(4)2(5)6/h1-2,8,15-17,21H,3-7,9-13H2;(H,3,4)(H,5,6). The summed E-state index contributed by atoms with van der Waals surface area (Å²) in [5.41, 5.74) is 1.92. The molecule has 0 spiro atoms. The van der Waals surface area contributed by atoms with E-state index in [1.807, 2.05) is 0 Å². The van der Waals surface area contributed by atoms with Crippen LogP contribution in [0.1, 0.15) is 44.1 Å². The van der Waals surface area contributed by atoms with Crippen molar-refractivity contribution >= 4 is 11.9 Å². The van der Waals surface area contributed by atoms with Crippen LogP contribution in [-0.2, 0) is 16.1 Å². The van der Waals surface area contributed by atoms with E-state index in [2.05, 4.69) is 23.5 Å². The van der Waals surface area contributed by atoms with Gasteiger partial charge >= 0.3 is 11.9 Å². The molecule has 29 heavy (non-hydrogen) atoms.